The highest BCUT2D eigenvalue weighted by Gasteiger charge is 2.47. The lowest BCUT2D eigenvalue weighted by Gasteiger charge is -2.33. The van der Waals surface area contributed by atoms with Crippen molar-refractivity contribution in [1.82, 2.24) is 0 Å². The molecule has 0 bridgehead atoms. The predicted octanol–water partition coefficient (Wildman–Crippen LogP) is 15.3. The maximum atomic E-state index is 7.38. The molecule has 0 N–H and O–H groups in total. The quantitative estimate of drug-likeness (QED) is 0.150. The first kappa shape index (κ1) is 36.2. The lowest BCUT2D eigenvalue weighted by Crippen LogP contribution is -2.29. The minimum atomic E-state index is -0.525. The summed E-state index contributed by atoms with van der Waals surface area (Å²) in [5.74, 6) is 0. The SMILES string of the molecule is c1ccc(-[n+]2ccc(N(c3ccc(-c4cccc5c4oc4ccccc45)cc3)c3cccc4c3oc3c5c(ccc34)C(c3ccccc3)(c3ccccc3)c3ccccc3-5)cc2)cc1. The number of para-hydroxylation sites is 4. The second-order valence-corrected chi connectivity index (χ2v) is 16.6. The highest BCUT2D eigenvalue weighted by Crippen LogP contribution is 2.59. The number of rotatable bonds is 7. The van der Waals surface area contributed by atoms with Gasteiger partial charge in [-0.05, 0) is 57.6 Å². The number of benzene rings is 9. The third-order valence-electron chi connectivity index (χ3n) is 13.3. The maximum absolute atomic E-state index is 7.38. The van der Waals surface area contributed by atoms with Crippen molar-refractivity contribution < 1.29 is 13.4 Å². The first-order valence-electron chi connectivity index (χ1n) is 21.8. The smallest absolute Gasteiger partial charge is 0.210 e. The monoisotopic (exact) mass is 819 g/mol. The van der Waals surface area contributed by atoms with E-state index in [0.29, 0.717) is 0 Å². The van der Waals surface area contributed by atoms with Crippen LogP contribution in [0.1, 0.15) is 22.3 Å². The molecule has 0 saturated carbocycles. The molecule has 12 aromatic rings. The molecule has 0 radical (unpaired) electrons. The second kappa shape index (κ2) is 14.3. The number of pyridine rings is 1. The van der Waals surface area contributed by atoms with Crippen LogP contribution < -0.4 is 9.47 Å². The van der Waals surface area contributed by atoms with Gasteiger partial charge in [-0.1, -0.05) is 176 Å². The molecule has 64 heavy (non-hydrogen) atoms. The van der Waals surface area contributed by atoms with Crippen molar-refractivity contribution in [3.63, 3.8) is 0 Å². The van der Waals surface area contributed by atoms with Gasteiger partial charge in [0.25, 0.3) is 0 Å². The highest BCUT2D eigenvalue weighted by molar-refractivity contribution is 6.16. The molecule has 1 aliphatic carbocycles. The molecule has 0 spiro atoms. The van der Waals surface area contributed by atoms with Gasteiger partial charge in [0.1, 0.15) is 16.7 Å². The average Bonchev–Trinajstić information content (AvgIpc) is 4.04. The van der Waals surface area contributed by atoms with Gasteiger partial charge in [0.2, 0.25) is 5.69 Å². The molecule has 300 valence electrons. The number of fused-ring (bicyclic) bond motifs is 10. The van der Waals surface area contributed by atoms with Crippen LogP contribution in [0.5, 0.6) is 0 Å². The van der Waals surface area contributed by atoms with Crippen LogP contribution in [0.3, 0.4) is 0 Å². The van der Waals surface area contributed by atoms with Crippen molar-refractivity contribution >= 4 is 60.9 Å². The van der Waals surface area contributed by atoms with Crippen molar-refractivity contribution in [3.05, 3.63) is 259 Å². The van der Waals surface area contributed by atoms with E-state index in [1.807, 2.05) is 18.2 Å². The normalized spacial score (nSPS) is 12.8. The van der Waals surface area contributed by atoms with Crippen LogP contribution in [0.15, 0.2) is 246 Å². The average molecular weight is 820 g/mol. The van der Waals surface area contributed by atoms with Crippen LogP contribution in [0, 0.1) is 0 Å². The number of anilines is 3. The molecule has 4 nitrogen and oxygen atoms in total. The van der Waals surface area contributed by atoms with Gasteiger partial charge < -0.3 is 13.7 Å². The summed E-state index contributed by atoms with van der Waals surface area (Å²) in [6.45, 7) is 0. The zero-order chi connectivity index (χ0) is 42.2. The number of furan rings is 2. The summed E-state index contributed by atoms with van der Waals surface area (Å²) in [4.78, 5) is 2.32. The van der Waals surface area contributed by atoms with E-state index >= 15 is 0 Å². The largest absolute Gasteiger partial charge is 0.455 e. The Bertz CT molecular complexity index is 3660. The van der Waals surface area contributed by atoms with E-state index in [1.165, 1.54) is 27.8 Å². The Morgan fingerprint density at radius 1 is 0.375 bits per heavy atom. The van der Waals surface area contributed by atoms with Crippen molar-refractivity contribution in [2.24, 2.45) is 0 Å². The van der Waals surface area contributed by atoms with Gasteiger partial charge in [0.05, 0.1) is 16.8 Å². The molecule has 0 unspecified atom stereocenters. The zero-order valence-corrected chi connectivity index (χ0v) is 34.7. The Balaban J connectivity index is 1.02. The molecule has 0 amide bonds. The van der Waals surface area contributed by atoms with Crippen LogP contribution in [0.25, 0.3) is 71.8 Å². The minimum absolute atomic E-state index is 0.525. The van der Waals surface area contributed by atoms with Gasteiger partial charge in [-0.25, -0.2) is 0 Å². The van der Waals surface area contributed by atoms with Gasteiger partial charge in [0.15, 0.2) is 18.0 Å². The molecule has 0 aliphatic heterocycles. The molecular formula is C60H39N2O2+. The van der Waals surface area contributed by atoms with E-state index in [0.717, 1.165) is 83.3 Å². The maximum Gasteiger partial charge on any atom is 0.210 e. The molecule has 9 aromatic carbocycles. The number of aromatic nitrogens is 1. The Morgan fingerprint density at radius 3 is 1.70 bits per heavy atom. The van der Waals surface area contributed by atoms with E-state index in [1.54, 1.807) is 0 Å². The molecule has 1 aliphatic rings. The van der Waals surface area contributed by atoms with Crippen LogP contribution in [0.4, 0.5) is 17.1 Å². The van der Waals surface area contributed by atoms with E-state index in [-0.39, 0.29) is 0 Å². The summed E-state index contributed by atoms with van der Waals surface area (Å²) in [6, 6.07) is 80.2. The van der Waals surface area contributed by atoms with Crippen LogP contribution in [-0.2, 0) is 5.41 Å². The summed E-state index contributed by atoms with van der Waals surface area (Å²) >= 11 is 0. The van der Waals surface area contributed by atoms with Crippen LogP contribution >= 0.6 is 0 Å². The Hall–Kier alpha value is -8.47. The van der Waals surface area contributed by atoms with E-state index in [2.05, 4.69) is 228 Å². The molecule has 3 heterocycles. The van der Waals surface area contributed by atoms with E-state index in [9.17, 15) is 0 Å². The second-order valence-electron chi connectivity index (χ2n) is 16.6. The van der Waals surface area contributed by atoms with Crippen LogP contribution in [-0.4, -0.2) is 0 Å². The van der Waals surface area contributed by atoms with Gasteiger partial charge in [-0.2, -0.15) is 4.57 Å². The Labute approximate surface area is 370 Å². The van der Waals surface area contributed by atoms with E-state index < -0.39 is 5.41 Å². The van der Waals surface area contributed by atoms with Crippen molar-refractivity contribution in [3.8, 4) is 27.9 Å². The summed E-state index contributed by atoms with van der Waals surface area (Å²) in [6.07, 6.45) is 4.26. The van der Waals surface area contributed by atoms with Gasteiger partial charge in [0, 0.05) is 62.6 Å². The molecule has 0 atom stereocenters. The third kappa shape index (κ3) is 5.33. The summed E-state index contributed by atoms with van der Waals surface area (Å²) < 4.78 is 16.0. The van der Waals surface area contributed by atoms with Crippen molar-refractivity contribution in [2.75, 3.05) is 4.90 Å². The third-order valence-corrected chi connectivity index (χ3v) is 13.3. The number of hydrogen-bond donors (Lipinski definition) is 0. The highest BCUT2D eigenvalue weighted by atomic mass is 16.3. The number of hydrogen-bond acceptors (Lipinski definition) is 3. The fourth-order valence-electron chi connectivity index (χ4n) is 10.5. The van der Waals surface area contributed by atoms with Gasteiger partial charge in [-0.3, -0.25) is 0 Å². The van der Waals surface area contributed by atoms with Gasteiger partial charge in [-0.15, -0.1) is 0 Å². The molecule has 0 fully saturated rings. The Morgan fingerprint density at radius 2 is 0.953 bits per heavy atom. The minimum Gasteiger partial charge on any atom is -0.455 e. The summed E-state index contributed by atoms with van der Waals surface area (Å²) in [5.41, 5.74) is 16.5. The predicted molar refractivity (Wildman–Crippen MR) is 260 cm³/mol. The lowest BCUT2D eigenvalue weighted by molar-refractivity contribution is -0.595. The van der Waals surface area contributed by atoms with Gasteiger partial charge >= 0.3 is 0 Å². The summed E-state index contributed by atoms with van der Waals surface area (Å²) in [7, 11) is 0. The first-order chi connectivity index (χ1) is 31.8. The molecule has 3 aromatic heterocycles. The van der Waals surface area contributed by atoms with Crippen molar-refractivity contribution in [2.45, 2.75) is 5.41 Å². The summed E-state index contributed by atoms with van der Waals surface area (Å²) in [5, 5.41) is 4.40. The van der Waals surface area contributed by atoms with Crippen LogP contribution in [0.2, 0.25) is 0 Å². The topological polar surface area (TPSA) is 33.4 Å². The Kier molecular flexibility index (Phi) is 8.09. The zero-order valence-electron chi connectivity index (χ0n) is 34.7. The molecule has 13 rings (SSSR count). The molecular weight excluding hydrogens is 781 g/mol. The standard InChI is InChI=1S/C60H39N2O2/c1-4-16-41(17-5-1)60(42-18-6-2-7-19-42)52-27-12-10-23-51(52)56-53(60)35-34-50-49-26-15-28-54(58(49)64-59(50)56)62(45-36-38-61(39-37-45)43-20-8-3-9-21-43)44-32-30-40(31-33-44)46-24-14-25-48-47-22-11-13-29-55(47)63-57(46)48/h1-39H/q+1. The lowest BCUT2D eigenvalue weighted by atomic mass is 9.68. The molecule has 0 saturated heterocycles. The van der Waals surface area contributed by atoms with E-state index in [4.69, 9.17) is 8.83 Å². The first-order valence-corrected chi connectivity index (χ1v) is 21.8. The number of nitrogens with zero attached hydrogens (tertiary/aromatic N) is 2. The fourth-order valence-corrected chi connectivity index (χ4v) is 10.5. The van der Waals surface area contributed by atoms with Crippen molar-refractivity contribution in [1.29, 1.82) is 0 Å². The molecule has 4 heteroatoms. The fraction of sp³-hybridized carbons (Fsp3) is 0.0167.